The van der Waals surface area contributed by atoms with Gasteiger partial charge < -0.3 is 19.1 Å². The molecule has 4 heterocycles. The van der Waals surface area contributed by atoms with Gasteiger partial charge in [0, 0.05) is 41.1 Å². The summed E-state index contributed by atoms with van der Waals surface area (Å²) in [5.41, 5.74) is 5.24. The average Bonchev–Trinajstić information content (AvgIpc) is 3.63. The van der Waals surface area contributed by atoms with E-state index in [0.717, 1.165) is 50.6 Å². The standard InChI is InChI=1S/C23H21Br2N3O4S3/c1-30-8-9-32-11-10-31-7-6-28-12-13-18(14-2-4-16(24)33-14)21-22(27-35-26-21)20(19(13)23(28)29)15-3-5-17(25)34-15/h2-5H,6-12H2,1H3. The summed E-state index contributed by atoms with van der Waals surface area (Å²) in [4.78, 5) is 17.7. The van der Waals surface area contributed by atoms with Crippen LogP contribution in [0.25, 0.3) is 31.9 Å². The van der Waals surface area contributed by atoms with Crippen molar-refractivity contribution < 1.29 is 19.0 Å². The molecule has 0 fully saturated rings. The van der Waals surface area contributed by atoms with E-state index >= 15 is 0 Å². The Morgan fingerprint density at radius 2 is 1.46 bits per heavy atom. The first-order valence-electron chi connectivity index (χ1n) is 10.8. The highest BCUT2D eigenvalue weighted by Gasteiger charge is 2.36. The number of methoxy groups -OCH3 is 1. The predicted molar refractivity (Wildman–Crippen MR) is 148 cm³/mol. The van der Waals surface area contributed by atoms with E-state index in [1.807, 2.05) is 23.1 Å². The number of amides is 1. The second kappa shape index (κ2) is 11.4. The molecule has 4 aromatic rings. The fourth-order valence-electron chi connectivity index (χ4n) is 4.09. The molecule has 1 amide bonds. The first-order valence-corrected chi connectivity index (χ1v) is 14.8. The maximum Gasteiger partial charge on any atom is 0.255 e. The minimum absolute atomic E-state index is 0.00578. The fourth-order valence-corrected chi connectivity index (χ4v) is 7.55. The van der Waals surface area contributed by atoms with E-state index in [2.05, 4.69) is 46.7 Å². The number of hydrogen-bond donors (Lipinski definition) is 0. The number of thiophene rings is 2. The second-order valence-corrected chi connectivity index (χ2v) is 13.2. The van der Waals surface area contributed by atoms with Crippen LogP contribution in [-0.4, -0.2) is 66.2 Å². The van der Waals surface area contributed by atoms with Crippen LogP contribution in [0, 0.1) is 0 Å². The van der Waals surface area contributed by atoms with Crippen molar-refractivity contribution >= 4 is 83.2 Å². The van der Waals surface area contributed by atoms with Crippen LogP contribution < -0.4 is 0 Å². The lowest BCUT2D eigenvalue weighted by molar-refractivity contribution is 0.0194. The molecule has 3 aromatic heterocycles. The van der Waals surface area contributed by atoms with Gasteiger partial charge in [-0.3, -0.25) is 4.79 Å². The third-order valence-corrected chi connectivity index (χ3v) is 9.43. The first kappa shape index (κ1) is 25.4. The summed E-state index contributed by atoms with van der Waals surface area (Å²) < 4.78 is 27.5. The van der Waals surface area contributed by atoms with Crippen molar-refractivity contribution in [2.75, 3.05) is 46.7 Å². The smallest absolute Gasteiger partial charge is 0.255 e. The van der Waals surface area contributed by atoms with E-state index in [0.29, 0.717) is 46.1 Å². The molecule has 0 aliphatic carbocycles. The lowest BCUT2D eigenvalue weighted by Gasteiger charge is -2.16. The van der Waals surface area contributed by atoms with Crippen molar-refractivity contribution in [3.63, 3.8) is 0 Å². The number of nitrogens with zero attached hydrogens (tertiary/aromatic N) is 3. The summed E-state index contributed by atoms with van der Waals surface area (Å²) in [5, 5.41) is 0. The van der Waals surface area contributed by atoms with Crippen LogP contribution in [-0.2, 0) is 20.8 Å². The molecule has 1 aliphatic heterocycles. The molecular formula is C23H21Br2N3O4S3. The molecule has 1 aliphatic rings. The van der Waals surface area contributed by atoms with E-state index < -0.39 is 0 Å². The molecular weight excluding hydrogens is 638 g/mol. The van der Waals surface area contributed by atoms with Crippen molar-refractivity contribution in [1.29, 1.82) is 0 Å². The predicted octanol–water partition coefficient (Wildman–Crippen LogP) is 6.31. The molecule has 5 rings (SSSR count). The number of fused-ring (bicyclic) bond motifs is 2. The number of aromatic nitrogens is 2. The van der Waals surface area contributed by atoms with Gasteiger partial charge in [-0.15, -0.1) is 22.7 Å². The Labute approximate surface area is 231 Å². The second-order valence-electron chi connectivity index (χ2n) is 7.72. The monoisotopic (exact) mass is 657 g/mol. The van der Waals surface area contributed by atoms with Crippen LogP contribution in [0.5, 0.6) is 0 Å². The fraction of sp³-hybridized carbons (Fsp3) is 0.348. The largest absolute Gasteiger partial charge is 0.382 e. The Morgan fingerprint density at radius 1 is 0.857 bits per heavy atom. The first-order chi connectivity index (χ1) is 17.1. The van der Waals surface area contributed by atoms with E-state index in [4.69, 9.17) is 14.2 Å². The van der Waals surface area contributed by atoms with Crippen LogP contribution in [0.3, 0.4) is 0 Å². The molecule has 1 aromatic carbocycles. The summed E-state index contributed by atoms with van der Waals surface area (Å²) in [7, 11) is 1.64. The highest BCUT2D eigenvalue weighted by Crippen LogP contribution is 2.48. The molecule has 0 unspecified atom stereocenters. The SMILES string of the molecule is COCCOCCOCCN1Cc2c(c(-c3ccc(Br)s3)c3nsnc3c2-c2ccc(Br)s2)C1=O. The topological polar surface area (TPSA) is 73.8 Å². The van der Waals surface area contributed by atoms with Crippen LogP contribution in [0.15, 0.2) is 31.8 Å². The Morgan fingerprint density at radius 3 is 2.09 bits per heavy atom. The molecule has 0 spiro atoms. The molecule has 35 heavy (non-hydrogen) atoms. The lowest BCUT2D eigenvalue weighted by atomic mass is 9.94. The van der Waals surface area contributed by atoms with E-state index in [1.165, 1.54) is 11.7 Å². The molecule has 184 valence electrons. The van der Waals surface area contributed by atoms with Crippen LogP contribution in [0.4, 0.5) is 0 Å². The van der Waals surface area contributed by atoms with E-state index in [9.17, 15) is 4.79 Å². The van der Waals surface area contributed by atoms with Crippen molar-refractivity contribution in [2.45, 2.75) is 6.54 Å². The number of halogens is 2. The number of ether oxygens (including phenoxy) is 3. The highest BCUT2D eigenvalue weighted by molar-refractivity contribution is 9.11. The van der Waals surface area contributed by atoms with Crippen LogP contribution >= 0.6 is 66.3 Å². The summed E-state index contributed by atoms with van der Waals surface area (Å²) in [6, 6.07) is 8.14. The summed E-state index contributed by atoms with van der Waals surface area (Å²) >= 11 is 11.6. The van der Waals surface area contributed by atoms with Crippen LogP contribution in [0.2, 0.25) is 0 Å². The Kier molecular flexibility index (Phi) is 8.29. The van der Waals surface area contributed by atoms with Gasteiger partial charge in [0.05, 0.1) is 57.9 Å². The zero-order valence-electron chi connectivity index (χ0n) is 18.7. The number of carbonyl (C=O) groups excluding carboxylic acids is 1. The Hall–Kier alpha value is -1.25. The van der Waals surface area contributed by atoms with Crippen molar-refractivity contribution in [2.24, 2.45) is 0 Å². The van der Waals surface area contributed by atoms with Gasteiger partial charge in [-0.1, -0.05) is 0 Å². The Balaban J connectivity index is 1.46. The number of rotatable bonds is 11. The lowest BCUT2D eigenvalue weighted by Crippen LogP contribution is -2.28. The van der Waals surface area contributed by atoms with E-state index in [1.54, 1.807) is 29.8 Å². The zero-order chi connectivity index (χ0) is 24.4. The summed E-state index contributed by atoms with van der Waals surface area (Å²) in [6.07, 6.45) is 0. The van der Waals surface area contributed by atoms with Crippen LogP contribution in [0.1, 0.15) is 15.9 Å². The summed E-state index contributed by atoms with van der Waals surface area (Å²) in [6.45, 7) is 3.54. The molecule has 0 saturated carbocycles. The molecule has 0 radical (unpaired) electrons. The van der Waals surface area contributed by atoms with Gasteiger partial charge in [-0.05, 0) is 61.7 Å². The van der Waals surface area contributed by atoms with Crippen molar-refractivity contribution in [3.8, 4) is 20.9 Å². The maximum atomic E-state index is 13.8. The number of hydrogen-bond acceptors (Lipinski definition) is 9. The quantitative estimate of drug-likeness (QED) is 0.176. The van der Waals surface area contributed by atoms with Gasteiger partial charge in [0.25, 0.3) is 5.91 Å². The molecule has 0 saturated heterocycles. The van der Waals surface area contributed by atoms with Gasteiger partial charge in [0.1, 0.15) is 11.0 Å². The summed E-state index contributed by atoms with van der Waals surface area (Å²) in [5.74, 6) is 0.00578. The van der Waals surface area contributed by atoms with Gasteiger partial charge in [0.2, 0.25) is 0 Å². The van der Waals surface area contributed by atoms with Crippen molar-refractivity contribution in [3.05, 3.63) is 43.0 Å². The van der Waals surface area contributed by atoms with Crippen molar-refractivity contribution in [1.82, 2.24) is 13.6 Å². The third kappa shape index (κ3) is 5.26. The van der Waals surface area contributed by atoms with Gasteiger partial charge in [-0.25, -0.2) is 0 Å². The minimum Gasteiger partial charge on any atom is -0.382 e. The van der Waals surface area contributed by atoms with Gasteiger partial charge in [0.15, 0.2) is 0 Å². The highest BCUT2D eigenvalue weighted by atomic mass is 79.9. The zero-order valence-corrected chi connectivity index (χ0v) is 24.3. The number of benzene rings is 1. The minimum atomic E-state index is 0.00578. The van der Waals surface area contributed by atoms with Gasteiger partial charge >= 0.3 is 0 Å². The Bertz CT molecular complexity index is 1350. The van der Waals surface area contributed by atoms with Gasteiger partial charge in [-0.2, -0.15) is 8.75 Å². The molecule has 0 bridgehead atoms. The molecule has 0 N–H and O–H groups in total. The number of carbonyl (C=O) groups is 1. The average molecular weight is 659 g/mol. The maximum absolute atomic E-state index is 13.8. The molecule has 0 atom stereocenters. The van der Waals surface area contributed by atoms with E-state index in [-0.39, 0.29) is 5.91 Å². The normalized spacial score (nSPS) is 13.3. The molecule has 7 nitrogen and oxygen atoms in total. The molecule has 12 heteroatoms. The third-order valence-electron chi connectivity index (χ3n) is 5.61.